The number of ether oxygens (including phenoxy) is 1. The van der Waals surface area contributed by atoms with Crippen LogP contribution in [0.5, 0.6) is 6.01 Å². The van der Waals surface area contributed by atoms with Crippen LogP contribution in [0.4, 0.5) is 11.9 Å². The number of nitrogen functional groups attached to an aromatic ring is 1. The van der Waals surface area contributed by atoms with E-state index in [-0.39, 0.29) is 12.0 Å². The highest BCUT2D eigenvalue weighted by atomic mass is 32.1. The molecule has 2 aromatic heterocycles. The van der Waals surface area contributed by atoms with Gasteiger partial charge in [0.05, 0.1) is 13.7 Å². The number of anilines is 2. The van der Waals surface area contributed by atoms with Crippen LogP contribution in [-0.2, 0) is 6.54 Å². The summed E-state index contributed by atoms with van der Waals surface area (Å²) >= 11 is 1.72. The first-order valence-electron chi connectivity index (χ1n) is 5.27. The highest BCUT2D eigenvalue weighted by Crippen LogP contribution is 2.17. The number of aryl methyl sites for hydroxylation is 1. The van der Waals surface area contributed by atoms with Gasteiger partial charge in [-0.15, -0.1) is 11.3 Å². The standard InChI is InChI=1S/C10H14N6OS/c1-6-3-4-7(18-6)5-12-8-13-9(16-11)15-10(14-8)17-2/h3-4H,5,11H2,1-2H3,(H2,12,13,14,15,16). The van der Waals surface area contributed by atoms with E-state index in [9.17, 15) is 0 Å². The molecule has 0 aromatic carbocycles. The Hall–Kier alpha value is -1.93. The van der Waals surface area contributed by atoms with Crippen LogP contribution in [-0.4, -0.2) is 22.1 Å². The van der Waals surface area contributed by atoms with Crippen molar-refractivity contribution in [2.45, 2.75) is 13.5 Å². The molecule has 18 heavy (non-hydrogen) atoms. The lowest BCUT2D eigenvalue weighted by Crippen LogP contribution is -2.13. The van der Waals surface area contributed by atoms with Gasteiger partial charge in [0.2, 0.25) is 11.9 Å². The summed E-state index contributed by atoms with van der Waals surface area (Å²) in [6.07, 6.45) is 0. The second kappa shape index (κ2) is 5.61. The first-order valence-corrected chi connectivity index (χ1v) is 6.09. The first-order chi connectivity index (χ1) is 8.71. The van der Waals surface area contributed by atoms with E-state index in [0.29, 0.717) is 12.5 Å². The third-order valence-electron chi connectivity index (χ3n) is 2.14. The van der Waals surface area contributed by atoms with E-state index in [4.69, 9.17) is 10.6 Å². The van der Waals surface area contributed by atoms with Crippen molar-refractivity contribution in [3.63, 3.8) is 0 Å². The zero-order valence-electron chi connectivity index (χ0n) is 10.1. The third kappa shape index (κ3) is 3.05. The number of thiophene rings is 1. The Morgan fingerprint density at radius 3 is 2.67 bits per heavy atom. The van der Waals surface area contributed by atoms with Crippen molar-refractivity contribution in [3.8, 4) is 6.01 Å². The van der Waals surface area contributed by atoms with E-state index in [1.165, 1.54) is 16.9 Å². The number of hydrogen-bond acceptors (Lipinski definition) is 8. The lowest BCUT2D eigenvalue weighted by molar-refractivity contribution is 0.379. The molecule has 2 aromatic rings. The van der Waals surface area contributed by atoms with Gasteiger partial charge in [-0.3, -0.25) is 5.43 Å². The molecule has 0 saturated heterocycles. The SMILES string of the molecule is COc1nc(NN)nc(NCc2ccc(C)s2)n1. The van der Waals surface area contributed by atoms with E-state index >= 15 is 0 Å². The monoisotopic (exact) mass is 266 g/mol. The van der Waals surface area contributed by atoms with Gasteiger partial charge >= 0.3 is 6.01 Å². The Morgan fingerprint density at radius 1 is 1.28 bits per heavy atom. The van der Waals surface area contributed by atoms with Gasteiger partial charge < -0.3 is 10.1 Å². The number of aromatic nitrogens is 3. The van der Waals surface area contributed by atoms with Crippen molar-refractivity contribution >= 4 is 23.2 Å². The van der Waals surface area contributed by atoms with Crippen molar-refractivity contribution in [1.82, 2.24) is 15.0 Å². The summed E-state index contributed by atoms with van der Waals surface area (Å²) in [5.41, 5.74) is 2.36. The Balaban J connectivity index is 2.08. The van der Waals surface area contributed by atoms with Gasteiger partial charge in [0.25, 0.3) is 0 Å². The Morgan fingerprint density at radius 2 is 2.06 bits per heavy atom. The maximum absolute atomic E-state index is 5.27. The van der Waals surface area contributed by atoms with Crippen LogP contribution in [0.1, 0.15) is 9.75 Å². The second-order valence-electron chi connectivity index (χ2n) is 3.48. The van der Waals surface area contributed by atoms with Crippen LogP contribution in [0.2, 0.25) is 0 Å². The first kappa shape index (κ1) is 12.5. The third-order valence-corrected chi connectivity index (χ3v) is 3.14. The molecule has 0 unspecified atom stereocenters. The quantitative estimate of drug-likeness (QED) is 0.551. The van der Waals surface area contributed by atoms with E-state index in [2.05, 4.69) is 44.8 Å². The van der Waals surface area contributed by atoms with E-state index in [1.807, 2.05) is 0 Å². The second-order valence-corrected chi connectivity index (χ2v) is 4.85. The number of rotatable bonds is 5. The van der Waals surface area contributed by atoms with Gasteiger partial charge in [0.15, 0.2) is 0 Å². The van der Waals surface area contributed by atoms with Crippen LogP contribution in [0.15, 0.2) is 12.1 Å². The molecule has 4 N–H and O–H groups in total. The zero-order valence-corrected chi connectivity index (χ0v) is 10.9. The molecule has 2 heterocycles. The molecular formula is C10H14N6OS. The highest BCUT2D eigenvalue weighted by Gasteiger charge is 2.06. The summed E-state index contributed by atoms with van der Waals surface area (Å²) in [6.45, 7) is 2.71. The van der Waals surface area contributed by atoms with Crippen LogP contribution in [0.25, 0.3) is 0 Å². The predicted molar refractivity (Wildman–Crippen MR) is 70.6 cm³/mol. The molecule has 7 nitrogen and oxygen atoms in total. The molecule has 0 aliphatic carbocycles. The summed E-state index contributed by atoms with van der Waals surface area (Å²) < 4.78 is 4.96. The molecule has 96 valence electrons. The van der Waals surface area contributed by atoms with Crippen molar-refractivity contribution in [2.75, 3.05) is 17.9 Å². The Kier molecular flexibility index (Phi) is 3.90. The maximum atomic E-state index is 5.27. The molecule has 0 aliphatic rings. The molecular weight excluding hydrogens is 252 g/mol. The molecule has 2 rings (SSSR count). The minimum Gasteiger partial charge on any atom is -0.467 e. The van der Waals surface area contributed by atoms with Gasteiger partial charge in [-0.05, 0) is 19.1 Å². The molecule has 0 fully saturated rings. The van der Waals surface area contributed by atoms with Gasteiger partial charge in [0.1, 0.15) is 0 Å². The van der Waals surface area contributed by atoms with Crippen molar-refractivity contribution < 1.29 is 4.74 Å². The Labute approximate surface area is 108 Å². The van der Waals surface area contributed by atoms with Crippen LogP contribution >= 0.6 is 11.3 Å². The van der Waals surface area contributed by atoms with Gasteiger partial charge in [-0.25, -0.2) is 5.84 Å². The lowest BCUT2D eigenvalue weighted by Gasteiger charge is -2.06. The predicted octanol–water partition coefficient (Wildman–Crippen LogP) is 1.15. The maximum Gasteiger partial charge on any atom is 0.322 e. The summed E-state index contributed by atoms with van der Waals surface area (Å²) in [5, 5.41) is 3.10. The van der Waals surface area contributed by atoms with Gasteiger partial charge in [0, 0.05) is 9.75 Å². The van der Waals surface area contributed by atoms with Crippen molar-refractivity contribution in [1.29, 1.82) is 0 Å². The topological polar surface area (TPSA) is 98.0 Å². The number of hydrogen-bond donors (Lipinski definition) is 3. The molecule has 0 bridgehead atoms. The number of methoxy groups -OCH3 is 1. The summed E-state index contributed by atoms with van der Waals surface area (Å²) in [7, 11) is 1.49. The molecule has 0 atom stereocenters. The summed E-state index contributed by atoms with van der Waals surface area (Å²) in [6, 6.07) is 4.35. The molecule has 0 radical (unpaired) electrons. The van der Waals surface area contributed by atoms with Gasteiger partial charge in [-0.1, -0.05) is 0 Å². The number of hydrazine groups is 1. The molecule has 0 spiro atoms. The number of nitrogens with two attached hydrogens (primary N) is 1. The van der Waals surface area contributed by atoms with E-state index in [1.54, 1.807) is 11.3 Å². The van der Waals surface area contributed by atoms with Crippen molar-refractivity contribution in [2.24, 2.45) is 5.84 Å². The fraction of sp³-hybridized carbons (Fsp3) is 0.300. The molecule has 0 amide bonds. The largest absolute Gasteiger partial charge is 0.467 e. The van der Waals surface area contributed by atoms with Crippen LogP contribution in [0.3, 0.4) is 0 Å². The van der Waals surface area contributed by atoms with Crippen molar-refractivity contribution in [3.05, 3.63) is 21.9 Å². The van der Waals surface area contributed by atoms with E-state index < -0.39 is 0 Å². The summed E-state index contributed by atoms with van der Waals surface area (Å²) in [4.78, 5) is 14.5. The fourth-order valence-electron chi connectivity index (χ4n) is 1.34. The average Bonchev–Trinajstić information content (AvgIpc) is 2.81. The normalized spacial score (nSPS) is 10.2. The van der Waals surface area contributed by atoms with Gasteiger partial charge in [-0.2, -0.15) is 15.0 Å². The van der Waals surface area contributed by atoms with Crippen LogP contribution < -0.4 is 21.3 Å². The minimum absolute atomic E-state index is 0.211. The number of nitrogens with zero attached hydrogens (tertiary/aromatic N) is 3. The van der Waals surface area contributed by atoms with E-state index in [0.717, 1.165) is 0 Å². The number of nitrogens with one attached hydrogen (secondary N) is 2. The lowest BCUT2D eigenvalue weighted by atomic mass is 10.4. The Bertz CT molecular complexity index is 507. The zero-order chi connectivity index (χ0) is 13.0. The summed E-state index contributed by atoms with van der Waals surface area (Å²) in [5.74, 6) is 5.94. The molecule has 0 saturated carbocycles. The smallest absolute Gasteiger partial charge is 0.322 e. The average molecular weight is 266 g/mol. The highest BCUT2D eigenvalue weighted by molar-refractivity contribution is 7.11. The minimum atomic E-state index is 0.211. The fourth-order valence-corrected chi connectivity index (χ4v) is 2.17. The van der Waals surface area contributed by atoms with Crippen LogP contribution in [0, 0.1) is 6.92 Å². The molecule has 8 heteroatoms. The molecule has 0 aliphatic heterocycles.